The second-order valence-corrected chi connectivity index (χ2v) is 8.62. The number of nitrogens with one attached hydrogen (secondary N) is 1. The molecule has 2 aromatic rings. The molecule has 2 rings (SSSR count). The Morgan fingerprint density at radius 2 is 1.42 bits per heavy atom. The highest BCUT2D eigenvalue weighted by Crippen LogP contribution is 2.33. The summed E-state index contributed by atoms with van der Waals surface area (Å²) in [6.45, 7) is 1.40. The van der Waals surface area contributed by atoms with Gasteiger partial charge in [0.2, 0.25) is 15.9 Å². The summed E-state index contributed by atoms with van der Waals surface area (Å²) in [5.74, 6) is 1.44. The maximum Gasteiger partial charge on any atom is 0.241 e. The largest absolute Gasteiger partial charge is 0.493 e. The highest BCUT2D eigenvalue weighted by molar-refractivity contribution is 7.92. The van der Waals surface area contributed by atoms with E-state index in [0.29, 0.717) is 23.0 Å². The fraction of sp³-hybridized carbons (Fsp3) is 0.381. The van der Waals surface area contributed by atoms with Crippen LogP contribution in [0.15, 0.2) is 36.4 Å². The summed E-state index contributed by atoms with van der Waals surface area (Å²) in [7, 11) is 2.26. The molecule has 0 aliphatic rings. The summed E-state index contributed by atoms with van der Waals surface area (Å²) >= 11 is 0. The van der Waals surface area contributed by atoms with E-state index in [-0.39, 0.29) is 11.7 Å². The van der Waals surface area contributed by atoms with Gasteiger partial charge < -0.3 is 24.3 Å². The number of hydrogen-bond donors (Lipinski definition) is 1. The summed E-state index contributed by atoms with van der Waals surface area (Å²) < 4.78 is 46.7. The minimum atomic E-state index is -3.74. The monoisotopic (exact) mass is 452 g/mol. The second-order valence-electron chi connectivity index (χ2n) is 6.71. The normalized spacial score (nSPS) is 11.9. The first-order chi connectivity index (χ1) is 14.6. The third-order valence-corrected chi connectivity index (χ3v) is 5.77. The van der Waals surface area contributed by atoms with Gasteiger partial charge in [-0.1, -0.05) is 6.07 Å². The third-order valence-electron chi connectivity index (χ3n) is 4.63. The summed E-state index contributed by atoms with van der Waals surface area (Å²) in [4.78, 5) is 12.7. The first-order valence-corrected chi connectivity index (χ1v) is 11.2. The predicted molar refractivity (Wildman–Crippen MR) is 118 cm³/mol. The quantitative estimate of drug-likeness (QED) is 0.590. The van der Waals surface area contributed by atoms with Crippen LogP contribution in [0.3, 0.4) is 0 Å². The van der Waals surface area contributed by atoms with E-state index in [4.69, 9.17) is 18.9 Å². The zero-order valence-electron chi connectivity index (χ0n) is 18.5. The van der Waals surface area contributed by atoms with Crippen molar-refractivity contribution in [2.24, 2.45) is 0 Å². The molecule has 170 valence electrons. The number of sulfonamides is 1. The number of ether oxygens (including phenoxy) is 4. The molecular weight excluding hydrogens is 424 g/mol. The number of carbonyl (C=O) groups excluding carboxylic acids is 1. The van der Waals surface area contributed by atoms with Gasteiger partial charge in [-0.15, -0.1) is 0 Å². The number of carbonyl (C=O) groups is 1. The standard InChI is InChI=1S/C21H28N2O7S/c1-14(15-7-9-17(27-2)19(11-15)29-4)22-21(24)13-23(31(6,25)26)16-8-10-18(28-3)20(12-16)30-5/h7-12,14H,13H2,1-6H3,(H,22,24). The maximum absolute atomic E-state index is 12.7. The van der Waals surface area contributed by atoms with Crippen LogP contribution in [0.25, 0.3) is 0 Å². The number of anilines is 1. The van der Waals surface area contributed by atoms with Crippen LogP contribution < -0.4 is 28.6 Å². The van der Waals surface area contributed by atoms with Crippen LogP contribution in [0.4, 0.5) is 5.69 Å². The van der Waals surface area contributed by atoms with Gasteiger partial charge in [-0.25, -0.2) is 8.42 Å². The lowest BCUT2D eigenvalue weighted by molar-refractivity contribution is -0.120. The lowest BCUT2D eigenvalue weighted by Gasteiger charge is -2.24. The molecule has 0 heterocycles. The van der Waals surface area contributed by atoms with Crippen LogP contribution in [0, 0.1) is 0 Å². The van der Waals surface area contributed by atoms with Crippen molar-refractivity contribution < 1.29 is 32.2 Å². The molecule has 0 radical (unpaired) electrons. The fourth-order valence-corrected chi connectivity index (χ4v) is 3.85. The molecule has 1 atom stereocenters. The Balaban J connectivity index is 2.22. The van der Waals surface area contributed by atoms with Gasteiger partial charge in [-0.3, -0.25) is 9.10 Å². The van der Waals surface area contributed by atoms with Gasteiger partial charge in [0.15, 0.2) is 23.0 Å². The van der Waals surface area contributed by atoms with Crippen molar-refractivity contribution >= 4 is 21.6 Å². The maximum atomic E-state index is 12.7. The fourth-order valence-electron chi connectivity index (χ4n) is 3.00. The molecule has 1 amide bonds. The Hall–Kier alpha value is -3.14. The number of nitrogens with zero attached hydrogens (tertiary/aromatic N) is 1. The lowest BCUT2D eigenvalue weighted by atomic mass is 10.1. The molecule has 0 spiro atoms. The van der Waals surface area contributed by atoms with Gasteiger partial charge >= 0.3 is 0 Å². The third kappa shape index (κ3) is 5.94. The molecular formula is C21H28N2O7S. The van der Waals surface area contributed by atoms with Crippen LogP contribution in [-0.2, 0) is 14.8 Å². The van der Waals surface area contributed by atoms with Crippen molar-refractivity contribution in [1.29, 1.82) is 0 Å². The van der Waals surface area contributed by atoms with Gasteiger partial charge in [0, 0.05) is 6.07 Å². The summed E-state index contributed by atoms with van der Waals surface area (Å²) in [6.07, 6.45) is 1.04. The van der Waals surface area contributed by atoms with Crippen LogP contribution in [0.5, 0.6) is 23.0 Å². The lowest BCUT2D eigenvalue weighted by Crippen LogP contribution is -2.41. The van der Waals surface area contributed by atoms with E-state index in [1.54, 1.807) is 37.3 Å². The molecule has 0 saturated carbocycles. The molecule has 1 N–H and O–H groups in total. The Bertz CT molecular complexity index is 1020. The highest BCUT2D eigenvalue weighted by Gasteiger charge is 2.23. The Morgan fingerprint density at radius 1 is 0.903 bits per heavy atom. The van der Waals surface area contributed by atoms with Crippen LogP contribution in [0.1, 0.15) is 18.5 Å². The number of amides is 1. The molecule has 1 unspecified atom stereocenters. The van der Waals surface area contributed by atoms with Crippen LogP contribution in [0.2, 0.25) is 0 Å². The molecule has 0 saturated heterocycles. The second kappa shape index (κ2) is 10.3. The van der Waals surface area contributed by atoms with E-state index in [0.717, 1.165) is 16.1 Å². The van der Waals surface area contributed by atoms with E-state index in [1.807, 2.05) is 0 Å². The van der Waals surface area contributed by atoms with E-state index in [2.05, 4.69) is 5.32 Å². The average molecular weight is 453 g/mol. The summed E-state index contributed by atoms with van der Waals surface area (Å²) in [5.41, 5.74) is 1.07. The first kappa shape index (κ1) is 24.1. The van der Waals surface area contributed by atoms with Gasteiger partial charge in [-0.2, -0.15) is 0 Å². The van der Waals surface area contributed by atoms with Gasteiger partial charge in [0.25, 0.3) is 0 Å². The number of hydrogen-bond acceptors (Lipinski definition) is 7. The van der Waals surface area contributed by atoms with Crippen molar-refractivity contribution in [2.75, 3.05) is 45.5 Å². The molecule has 2 aromatic carbocycles. The molecule has 31 heavy (non-hydrogen) atoms. The zero-order chi connectivity index (χ0) is 23.2. The van der Waals surface area contributed by atoms with Crippen LogP contribution in [-0.4, -0.2) is 55.6 Å². The first-order valence-electron chi connectivity index (χ1n) is 9.35. The highest BCUT2D eigenvalue weighted by atomic mass is 32.2. The van der Waals surface area contributed by atoms with Crippen molar-refractivity contribution in [1.82, 2.24) is 5.32 Å². The van der Waals surface area contributed by atoms with Crippen molar-refractivity contribution in [3.05, 3.63) is 42.0 Å². The van der Waals surface area contributed by atoms with E-state index in [1.165, 1.54) is 34.5 Å². The average Bonchev–Trinajstić information content (AvgIpc) is 2.75. The Labute approximate surface area is 182 Å². The molecule has 0 fully saturated rings. The zero-order valence-corrected chi connectivity index (χ0v) is 19.3. The predicted octanol–water partition coefficient (Wildman–Crippen LogP) is 2.36. The van der Waals surface area contributed by atoms with Gasteiger partial charge in [0.05, 0.1) is 46.4 Å². The van der Waals surface area contributed by atoms with Crippen molar-refractivity contribution in [3.8, 4) is 23.0 Å². The SMILES string of the molecule is COc1ccc(C(C)NC(=O)CN(c2ccc(OC)c(OC)c2)S(C)(=O)=O)cc1OC. The molecule has 0 aromatic heterocycles. The van der Waals surface area contributed by atoms with Crippen LogP contribution >= 0.6 is 0 Å². The minimum absolute atomic E-state index is 0.286. The number of rotatable bonds is 10. The van der Waals surface area contributed by atoms with Crippen molar-refractivity contribution in [2.45, 2.75) is 13.0 Å². The van der Waals surface area contributed by atoms with E-state index in [9.17, 15) is 13.2 Å². The molecule has 0 aliphatic carbocycles. The number of methoxy groups -OCH3 is 4. The summed E-state index contributed by atoms with van der Waals surface area (Å²) in [5, 5.41) is 2.81. The van der Waals surface area contributed by atoms with E-state index >= 15 is 0 Å². The smallest absolute Gasteiger partial charge is 0.241 e. The minimum Gasteiger partial charge on any atom is -0.493 e. The Morgan fingerprint density at radius 3 is 1.94 bits per heavy atom. The Kier molecular flexibility index (Phi) is 7.98. The summed E-state index contributed by atoms with van der Waals surface area (Å²) in [6, 6.07) is 9.54. The molecule has 9 nitrogen and oxygen atoms in total. The molecule has 0 bridgehead atoms. The van der Waals surface area contributed by atoms with Crippen molar-refractivity contribution in [3.63, 3.8) is 0 Å². The molecule has 10 heteroatoms. The molecule has 0 aliphatic heterocycles. The number of benzene rings is 2. The van der Waals surface area contributed by atoms with E-state index < -0.39 is 22.5 Å². The van der Waals surface area contributed by atoms with Gasteiger partial charge in [-0.05, 0) is 36.8 Å². The topological polar surface area (TPSA) is 103 Å². The van der Waals surface area contributed by atoms with Gasteiger partial charge in [0.1, 0.15) is 6.54 Å².